The largest absolute Gasteiger partial charge is 0.381 e. The number of ether oxygens (including phenoxy) is 2. The number of aromatic nitrogens is 1. The van der Waals surface area contributed by atoms with E-state index >= 15 is 0 Å². The number of rotatable bonds is 1. The highest BCUT2D eigenvalue weighted by Crippen LogP contribution is 2.30. The zero-order valence-corrected chi connectivity index (χ0v) is 9.97. The van der Waals surface area contributed by atoms with Crippen LogP contribution in [0.5, 0.6) is 0 Å². The third-order valence-electron chi connectivity index (χ3n) is 3.63. The van der Waals surface area contributed by atoms with Crippen LogP contribution in [0, 0.1) is 0 Å². The minimum atomic E-state index is -0.00593. The molecule has 1 spiro atoms. The zero-order chi connectivity index (χ0) is 11.6. The molecule has 2 aliphatic rings. The van der Waals surface area contributed by atoms with Gasteiger partial charge < -0.3 is 14.4 Å². The van der Waals surface area contributed by atoms with Crippen molar-refractivity contribution >= 4 is 5.82 Å². The van der Waals surface area contributed by atoms with Gasteiger partial charge in [-0.1, -0.05) is 6.07 Å². The SMILES string of the molecule is c1ccc(N2CCOC3(CCOCC3)C2)nc1. The van der Waals surface area contributed by atoms with Crippen LogP contribution in [0.2, 0.25) is 0 Å². The lowest BCUT2D eigenvalue weighted by atomic mass is 9.92. The van der Waals surface area contributed by atoms with E-state index < -0.39 is 0 Å². The maximum absolute atomic E-state index is 6.01. The molecule has 4 nitrogen and oxygen atoms in total. The Morgan fingerprint density at radius 3 is 2.82 bits per heavy atom. The summed E-state index contributed by atoms with van der Waals surface area (Å²) in [5.74, 6) is 1.06. The van der Waals surface area contributed by atoms with Gasteiger partial charge in [0.05, 0.1) is 12.2 Å². The molecule has 17 heavy (non-hydrogen) atoms. The zero-order valence-electron chi connectivity index (χ0n) is 9.97. The second kappa shape index (κ2) is 4.63. The lowest BCUT2D eigenvalue weighted by molar-refractivity contribution is -0.116. The summed E-state index contributed by atoms with van der Waals surface area (Å²) in [6.45, 7) is 4.29. The van der Waals surface area contributed by atoms with Crippen molar-refractivity contribution in [3.63, 3.8) is 0 Å². The molecule has 92 valence electrons. The van der Waals surface area contributed by atoms with E-state index in [2.05, 4.69) is 16.0 Å². The quantitative estimate of drug-likeness (QED) is 0.737. The van der Waals surface area contributed by atoms with Crippen LogP contribution in [0.3, 0.4) is 0 Å². The minimum Gasteiger partial charge on any atom is -0.381 e. The van der Waals surface area contributed by atoms with Gasteiger partial charge >= 0.3 is 0 Å². The maximum atomic E-state index is 6.01. The summed E-state index contributed by atoms with van der Waals surface area (Å²) in [6, 6.07) is 6.06. The van der Waals surface area contributed by atoms with Gasteiger partial charge in [-0.05, 0) is 12.1 Å². The first-order valence-electron chi connectivity index (χ1n) is 6.26. The number of pyridine rings is 1. The molecular weight excluding hydrogens is 216 g/mol. The smallest absolute Gasteiger partial charge is 0.128 e. The highest BCUT2D eigenvalue weighted by atomic mass is 16.5. The molecule has 0 radical (unpaired) electrons. The van der Waals surface area contributed by atoms with E-state index in [1.807, 2.05) is 18.3 Å². The fourth-order valence-electron chi connectivity index (χ4n) is 2.63. The number of hydrogen-bond acceptors (Lipinski definition) is 4. The Labute approximate surface area is 102 Å². The first-order chi connectivity index (χ1) is 8.38. The van der Waals surface area contributed by atoms with Crippen molar-refractivity contribution in [3.05, 3.63) is 24.4 Å². The summed E-state index contributed by atoms with van der Waals surface area (Å²) in [5.41, 5.74) is -0.00593. The molecule has 0 amide bonds. The van der Waals surface area contributed by atoms with E-state index in [1.165, 1.54) is 0 Å². The third kappa shape index (κ3) is 2.28. The van der Waals surface area contributed by atoms with Crippen molar-refractivity contribution in [3.8, 4) is 0 Å². The van der Waals surface area contributed by atoms with Crippen molar-refractivity contribution in [1.82, 2.24) is 4.98 Å². The summed E-state index contributed by atoms with van der Waals surface area (Å²) in [4.78, 5) is 6.75. The van der Waals surface area contributed by atoms with Gasteiger partial charge in [-0.15, -0.1) is 0 Å². The van der Waals surface area contributed by atoms with Crippen molar-refractivity contribution in [2.24, 2.45) is 0 Å². The topological polar surface area (TPSA) is 34.6 Å². The molecule has 0 atom stereocenters. The number of anilines is 1. The van der Waals surface area contributed by atoms with Gasteiger partial charge in [0, 0.05) is 45.3 Å². The van der Waals surface area contributed by atoms with Gasteiger partial charge in [-0.2, -0.15) is 0 Å². The average Bonchev–Trinajstić information content (AvgIpc) is 2.41. The third-order valence-corrected chi connectivity index (χ3v) is 3.63. The van der Waals surface area contributed by atoms with Crippen molar-refractivity contribution in [2.75, 3.05) is 37.8 Å². The van der Waals surface area contributed by atoms with Crippen LogP contribution in [0.15, 0.2) is 24.4 Å². The van der Waals surface area contributed by atoms with E-state index in [0.717, 1.165) is 51.6 Å². The van der Waals surface area contributed by atoms with Crippen LogP contribution in [0.25, 0.3) is 0 Å². The Hall–Kier alpha value is -1.13. The molecule has 0 aromatic carbocycles. The minimum absolute atomic E-state index is 0.00593. The van der Waals surface area contributed by atoms with Crippen molar-refractivity contribution < 1.29 is 9.47 Å². The molecule has 2 fully saturated rings. The van der Waals surface area contributed by atoms with Gasteiger partial charge in [0.25, 0.3) is 0 Å². The standard InChI is InChI=1S/C13H18N2O2/c1-2-6-14-12(3-1)15-7-10-17-13(11-15)4-8-16-9-5-13/h1-3,6H,4-5,7-11H2. The van der Waals surface area contributed by atoms with E-state index in [1.54, 1.807) is 0 Å². The first kappa shape index (κ1) is 11.0. The van der Waals surface area contributed by atoms with Gasteiger partial charge in [0.1, 0.15) is 5.82 Å². The fraction of sp³-hybridized carbons (Fsp3) is 0.615. The van der Waals surface area contributed by atoms with Crippen molar-refractivity contribution in [2.45, 2.75) is 18.4 Å². The molecule has 1 aromatic rings. The monoisotopic (exact) mass is 234 g/mol. The Morgan fingerprint density at radius 1 is 1.18 bits per heavy atom. The summed E-state index contributed by atoms with van der Waals surface area (Å²) in [7, 11) is 0. The summed E-state index contributed by atoms with van der Waals surface area (Å²) in [6.07, 6.45) is 3.84. The molecule has 3 heterocycles. The van der Waals surface area contributed by atoms with Crippen LogP contribution < -0.4 is 4.90 Å². The highest BCUT2D eigenvalue weighted by Gasteiger charge is 2.38. The predicted octanol–water partition coefficient (Wildman–Crippen LogP) is 1.47. The van der Waals surface area contributed by atoms with Crippen LogP contribution >= 0.6 is 0 Å². The second-order valence-electron chi connectivity index (χ2n) is 4.75. The molecule has 0 unspecified atom stereocenters. The Bertz CT molecular complexity index is 357. The molecule has 0 bridgehead atoms. The Balaban J connectivity index is 1.75. The molecule has 0 aliphatic carbocycles. The summed E-state index contributed by atoms with van der Waals surface area (Å²) < 4.78 is 11.4. The first-order valence-corrected chi connectivity index (χ1v) is 6.26. The molecule has 2 saturated heterocycles. The van der Waals surface area contributed by atoms with Gasteiger partial charge in [0.2, 0.25) is 0 Å². The van der Waals surface area contributed by atoms with Crippen LogP contribution in [0.4, 0.5) is 5.82 Å². The fourth-order valence-corrected chi connectivity index (χ4v) is 2.63. The number of hydrogen-bond donors (Lipinski definition) is 0. The molecule has 3 rings (SSSR count). The summed E-state index contributed by atoms with van der Waals surface area (Å²) in [5, 5.41) is 0. The lowest BCUT2D eigenvalue weighted by Crippen LogP contribution is -2.54. The Morgan fingerprint density at radius 2 is 2.06 bits per heavy atom. The average molecular weight is 234 g/mol. The maximum Gasteiger partial charge on any atom is 0.128 e. The molecule has 0 N–H and O–H groups in total. The van der Waals surface area contributed by atoms with E-state index in [0.29, 0.717) is 0 Å². The molecule has 0 saturated carbocycles. The predicted molar refractivity (Wildman–Crippen MR) is 65.2 cm³/mol. The molecule has 2 aliphatic heterocycles. The van der Waals surface area contributed by atoms with E-state index in [-0.39, 0.29) is 5.60 Å². The Kier molecular flexibility index (Phi) is 2.99. The van der Waals surface area contributed by atoms with Gasteiger partial charge in [-0.3, -0.25) is 0 Å². The number of nitrogens with zero attached hydrogens (tertiary/aromatic N) is 2. The van der Waals surface area contributed by atoms with Crippen molar-refractivity contribution in [1.29, 1.82) is 0 Å². The van der Waals surface area contributed by atoms with Gasteiger partial charge in [-0.25, -0.2) is 4.98 Å². The van der Waals surface area contributed by atoms with E-state index in [9.17, 15) is 0 Å². The molecular formula is C13H18N2O2. The second-order valence-corrected chi connectivity index (χ2v) is 4.75. The van der Waals surface area contributed by atoms with Crippen LogP contribution in [-0.4, -0.2) is 43.5 Å². The van der Waals surface area contributed by atoms with E-state index in [4.69, 9.17) is 9.47 Å². The lowest BCUT2D eigenvalue weighted by Gasteiger charge is -2.45. The van der Waals surface area contributed by atoms with Gasteiger partial charge in [0.15, 0.2) is 0 Å². The number of morpholine rings is 1. The molecule has 4 heteroatoms. The highest BCUT2D eigenvalue weighted by molar-refractivity contribution is 5.39. The normalized spacial score (nSPS) is 23.9. The molecule has 1 aromatic heterocycles. The van der Waals surface area contributed by atoms with Crippen LogP contribution in [0.1, 0.15) is 12.8 Å². The summed E-state index contributed by atoms with van der Waals surface area (Å²) >= 11 is 0. The van der Waals surface area contributed by atoms with Crippen LogP contribution in [-0.2, 0) is 9.47 Å².